The number of aromatic amines is 1. The minimum atomic E-state index is 0.394. The van der Waals surface area contributed by atoms with E-state index in [0.717, 1.165) is 35.5 Å². The molecule has 0 spiro atoms. The van der Waals surface area contributed by atoms with Crippen LogP contribution in [0.15, 0.2) is 48.8 Å². The molecule has 0 aliphatic carbocycles. The molecule has 0 aliphatic heterocycles. The van der Waals surface area contributed by atoms with Gasteiger partial charge >= 0.3 is 0 Å². The number of anilines is 1. The molecular formula is C19H18N6O. The van der Waals surface area contributed by atoms with Gasteiger partial charge < -0.3 is 4.90 Å². The summed E-state index contributed by atoms with van der Waals surface area (Å²) in [5, 5.41) is 11.2. The molecule has 130 valence electrons. The van der Waals surface area contributed by atoms with E-state index in [-0.39, 0.29) is 0 Å². The van der Waals surface area contributed by atoms with Gasteiger partial charge in [0.25, 0.3) is 0 Å². The molecule has 1 aromatic carbocycles. The van der Waals surface area contributed by atoms with E-state index in [1.165, 1.54) is 5.56 Å². The first-order valence-corrected chi connectivity index (χ1v) is 8.27. The van der Waals surface area contributed by atoms with Crippen LogP contribution < -0.4 is 4.90 Å². The summed E-state index contributed by atoms with van der Waals surface area (Å²) in [6.07, 6.45) is 4.29. The van der Waals surface area contributed by atoms with E-state index in [1.54, 1.807) is 16.9 Å². The van der Waals surface area contributed by atoms with Gasteiger partial charge in [0.1, 0.15) is 11.5 Å². The topological polar surface area (TPSA) is 79.2 Å². The number of benzene rings is 1. The molecule has 7 heteroatoms. The van der Waals surface area contributed by atoms with Crippen LogP contribution in [0.1, 0.15) is 21.6 Å². The fourth-order valence-electron chi connectivity index (χ4n) is 2.97. The van der Waals surface area contributed by atoms with E-state index in [1.807, 2.05) is 38.2 Å². The van der Waals surface area contributed by atoms with Gasteiger partial charge in [-0.05, 0) is 12.5 Å². The summed E-state index contributed by atoms with van der Waals surface area (Å²) in [6, 6.07) is 12.2. The summed E-state index contributed by atoms with van der Waals surface area (Å²) in [4.78, 5) is 18.1. The zero-order chi connectivity index (χ0) is 18.1. The number of hydrogen-bond acceptors (Lipinski definition) is 5. The van der Waals surface area contributed by atoms with Crippen LogP contribution in [0.4, 0.5) is 5.82 Å². The second kappa shape index (κ2) is 6.44. The average molecular weight is 346 g/mol. The van der Waals surface area contributed by atoms with Crippen molar-refractivity contribution in [1.29, 1.82) is 0 Å². The molecule has 0 bridgehead atoms. The summed E-state index contributed by atoms with van der Waals surface area (Å²) in [6.45, 7) is 2.59. The SMILES string of the molecule is Cc1c(C=O)nn2c(-c3cn[nH]c3)cc(N(C)Cc3ccccc3)nc12. The van der Waals surface area contributed by atoms with Crippen molar-refractivity contribution >= 4 is 17.8 Å². The monoisotopic (exact) mass is 346 g/mol. The highest BCUT2D eigenvalue weighted by atomic mass is 16.1. The zero-order valence-corrected chi connectivity index (χ0v) is 14.5. The molecule has 0 aliphatic rings. The number of aldehydes is 1. The van der Waals surface area contributed by atoms with E-state index < -0.39 is 0 Å². The number of carbonyl (C=O) groups is 1. The third-order valence-corrected chi connectivity index (χ3v) is 4.40. The Morgan fingerprint density at radius 3 is 2.77 bits per heavy atom. The minimum absolute atomic E-state index is 0.394. The summed E-state index contributed by atoms with van der Waals surface area (Å²) >= 11 is 0. The predicted molar refractivity (Wildman–Crippen MR) is 99.2 cm³/mol. The van der Waals surface area contributed by atoms with Crippen LogP contribution in [0, 0.1) is 6.92 Å². The van der Waals surface area contributed by atoms with E-state index in [4.69, 9.17) is 4.98 Å². The van der Waals surface area contributed by atoms with Crippen molar-refractivity contribution in [2.24, 2.45) is 0 Å². The summed E-state index contributed by atoms with van der Waals surface area (Å²) in [7, 11) is 2.00. The third-order valence-electron chi connectivity index (χ3n) is 4.40. The Morgan fingerprint density at radius 2 is 2.08 bits per heavy atom. The molecule has 0 fully saturated rings. The number of carbonyl (C=O) groups excluding carboxylic acids is 1. The van der Waals surface area contributed by atoms with Crippen molar-refractivity contribution in [2.75, 3.05) is 11.9 Å². The maximum atomic E-state index is 11.3. The Balaban J connectivity index is 1.85. The Kier molecular flexibility index (Phi) is 3.96. The number of fused-ring (bicyclic) bond motifs is 1. The number of hydrogen-bond donors (Lipinski definition) is 1. The van der Waals surface area contributed by atoms with Gasteiger partial charge in [-0.2, -0.15) is 10.2 Å². The number of aromatic nitrogens is 5. The van der Waals surface area contributed by atoms with Gasteiger partial charge in [-0.1, -0.05) is 30.3 Å². The number of nitrogens with zero attached hydrogens (tertiary/aromatic N) is 5. The average Bonchev–Trinajstić information content (AvgIpc) is 3.30. The lowest BCUT2D eigenvalue weighted by Crippen LogP contribution is -2.18. The van der Waals surface area contributed by atoms with E-state index in [9.17, 15) is 4.79 Å². The van der Waals surface area contributed by atoms with Crippen molar-refractivity contribution in [3.8, 4) is 11.3 Å². The maximum absolute atomic E-state index is 11.3. The van der Waals surface area contributed by atoms with Crippen LogP contribution in [0.2, 0.25) is 0 Å². The van der Waals surface area contributed by atoms with Crippen LogP contribution >= 0.6 is 0 Å². The van der Waals surface area contributed by atoms with Gasteiger partial charge in [0.2, 0.25) is 0 Å². The number of rotatable bonds is 5. The molecule has 3 heterocycles. The molecule has 26 heavy (non-hydrogen) atoms. The van der Waals surface area contributed by atoms with Crippen LogP contribution in [0.25, 0.3) is 16.9 Å². The normalized spacial score (nSPS) is 11.0. The highest BCUT2D eigenvalue weighted by Crippen LogP contribution is 2.26. The highest BCUT2D eigenvalue weighted by molar-refractivity contribution is 5.79. The number of nitrogens with one attached hydrogen (secondary N) is 1. The molecule has 4 rings (SSSR count). The molecule has 0 atom stereocenters. The van der Waals surface area contributed by atoms with Crippen LogP contribution in [-0.2, 0) is 6.54 Å². The van der Waals surface area contributed by atoms with Crippen LogP contribution in [0.5, 0.6) is 0 Å². The van der Waals surface area contributed by atoms with E-state index >= 15 is 0 Å². The molecule has 7 nitrogen and oxygen atoms in total. The van der Waals surface area contributed by atoms with Crippen LogP contribution in [0.3, 0.4) is 0 Å². The Labute approximate surface area is 150 Å². The first-order valence-electron chi connectivity index (χ1n) is 8.27. The first-order chi connectivity index (χ1) is 12.7. The second-order valence-corrected chi connectivity index (χ2v) is 6.19. The first kappa shape index (κ1) is 16.0. The smallest absolute Gasteiger partial charge is 0.170 e. The molecule has 0 radical (unpaired) electrons. The van der Waals surface area contributed by atoms with Crippen molar-refractivity contribution < 1.29 is 4.79 Å². The Morgan fingerprint density at radius 1 is 1.27 bits per heavy atom. The fraction of sp³-hybridized carbons (Fsp3) is 0.158. The van der Waals surface area contributed by atoms with Crippen molar-refractivity contribution in [1.82, 2.24) is 24.8 Å². The predicted octanol–water partition coefficient (Wildman–Crippen LogP) is 2.88. The Hall–Kier alpha value is -3.48. The van der Waals surface area contributed by atoms with E-state index in [2.05, 4.69) is 32.3 Å². The van der Waals surface area contributed by atoms with Crippen LogP contribution in [-0.4, -0.2) is 38.1 Å². The Bertz CT molecular complexity index is 1050. The molecular weight excluding hydrogens is 328 g/mol. The van der Waals surface area contributed by atoms with Gasteiger partial charge in [-0.3, -0.25) is 9.89 Å². The molecule has 3 aromatic heterocycles. The van der Waals surface area contributed by atoms with Gasteiger partial charge in [0.15, 0.2) is 11.9 Å². The van der Waals surface area contributed by atoms with Gasteiger partial charge in [0, 0.05) is 37.0 Å². The lowest BCUT2D eigenvalue weighted by molar-refractivity contribution is 0.111. The van der Waals surface area contributed by atoms with Gasteiger partial charge in [-0.25, -0.2) is 9.50 Å². The van der Waals surface area contributed by atoms with Gasteiger partial charge in [-0.15, -0.1) is 0 Å². The summed E-state index contributed by atoms with van der Waals surface area (Å²) in [5.74, 6) is 0.804. The lowest BCUT2D eigenvalue weighted by Gasteiger charge is -2.19. The molecule has 0 saturated carbocycles. The summed E-state index contributed by atoms with van der Waals surface area (Å²) in [5.41, 5.74) is 4.73. The van der Waals surface area contributed by atoms with Crippen molar-refractivity contribution in [3.63, 3.8) is 0 Å². The third kappa shape index (κ3) is 2.73. The molecule has 0 amide bonds. The number of H-pyrrole nitrogens is 1. The van der Waals surface area contributed by atoms with Crippen molar-refractivity contribution in [3.05, 3.63) is 65.6 Å². The van der Waals surface area contributed by atoms with E-state index in [0.29, 0.717) is 11.3 Å². The lowest BCUT2D eigenvalue weighted by atomic mass is 10.2. The molecule has 0 saturated heterocycles. The molecule has 0 unspecified atom stereocenters. The fourth-order valence-corrected chi connectivity index (χ4v) is 2.97. The quantitative estimate of drug-likeness (QED) is 0.562. The number of aryl methyl sites for hydroxylation is 1. The highest BCUT2D eigenvalue weighted by Gasteiger charge is 2.17. The zero-order valence-electron chi connectivity index (χ0n) is 14.5. The van der Waals surface area contributed by atoms with Gasteiger partial charge in [0.05, 0.1) is 11.9 Å². The standard InChI is InChI=1S/C19H18N6O/c1-13-16(12-26)23-25-17(15-9-20-21-10-15)8-18(22-19(13)25)24(2)11-14-6-4-3-5-7-14/h3-10,12H,11H2,1-2H3,(H,20,21). The largest absolute Gasteiger partial charge is 0.355 e. The maximum Gasteiger partial charge on any atom is 0.170 e. The summed E-state index contributed by atoms with van der Waals surface area (Å²) < 4.78 is 1.70. The second-order valence-electron chi connectivity index (χ2n) is 6.19. The molecule has 4 aromatic rings. The molecule has 1 N–H and O–H groups in total. The van der Waals surface area contributed by atoms with Crippen molar-refractivity contribution in [2.45, 2.75) is 13.5 Å². The minimum Gasteiger partial charge on any atom is -0.355 e.